The molecular formula is C11H13Cl2NO2. The van der Waals surface area contributed by atoms with Gasteiger partial charge in [0.2, 0.25) is 5.91 Å². The fourth-order valence-corrected chi connectivity index (χ4v) is 1.40. The van der Waals surface area contributed by atoms with E-state index in [1.165, 1.54) is 7.11 Å². The first-order chi connectivity index (χ1) is 7.45. The van der Waals surface area contributed by atoms with Gasteiger partial charge in [-0.25, -0.2) is 0 Å². The highest BCUT2D eigenvalue weighted by Crippen LogP contribution is 2.29. The van der Waals surface area contributed by atoms with Gasteiger partial charge in [0.25, 0.3) is 0 Å². The van der Waals surface area contributed by atoms with E-state index >= 15 is 0 Å². The average Bonchev–Trinajstić information content (AvgIpc) is 2.24. The molecule has 0 aliphatic heterocycles. The third-order valence-corrected chi connectivity index (χ3v) is 2.76. The van der Waals surface area contributed by atoms with Crippen LogP contribution in [0.25, 0.3) is 0 Å². The molecule has 1 amide bonds. The van der Waals surface area contributed by atoms with E-state index in [4.69, 9.17) is 27.9 Å². The summed E-state index contributed by atoms with van der Waals surface area (Å²) in [6.07, 6.45) is 0. The van der Waals surface area contributed by atoms with Crippen LogP contribution < -0.4 is 10.1 Å². The zero-order chi connectivity index (χ0) is 12.3. The molecule has 1 aromatic carbocycles. The number of hydrogen-bond donors (Lipinski definition) is 1. The number of carbonyl (C=O) groups excluding carboxylic acids is 1. The van der Waals surface area contributed by atoms with Crippen molar-refractivity contribution in [2.24, 2.45) is 0 Å². The van der Waals surface area contributed by atoms with Crippen molar-refractivity contribution in [2.45, 2.75) is 19.2 Å². The number of rotatable bonds is 3. The van der Waals surface area contributed by atoms with Gasteiger partial charge in [-0.05, 0) is 25.5 Å². The van der Waals surface area contributed by atoms with Crippen molar-refractivity contribution in [3.8, 4) is 5.75 Å². The van der Waals surface area contributed by atoms with E-state index in [9.17, 15) is 4.79 Å². The van der Waals surface area contributed by atoms with Crippen LogP contribution in [0.1, 0.15) is 12.5 Å². The largest absolute Gasteiger partial charge is 0.497 e. The number of carbonyl (C=O) groups is 1. The first-order valence-electron chi connectivity index (χ1n) is 4.74. The van der Waals surface area contributed by atoms with Crippen LogP contribution in [0.2, 0.25) is 5.02 Å². The normalized spacial score (nSPS) is 12.1. The number of methoxy groups -OCH3 is 1. The first-order valence-corrected chi connectivity index (χ1v) is 5.56. The SMILES string of the molecule is COc1cc(Cl)c(C)c(NC(=O)[C@H](C)Cl)c1. The lowest BCUT2D eigenvalue weighted by Gasteiger charge is -2.12. The van der Waals surface area contributed by atoms with E-state index in [1.807, 2.05) is 6.92 Å². The number of amides is 1. The number of ether oxygens (including phenoxy) is 1. The third-order valence-electron chi connectivity index (χ3n) is 2.17. The number of halogens is 2. The minimum absolute atomic E-state index is 0.269. The predicted octanol–water partition coefficient (Wildman–Crippen LogP) is 3.22. The van der Waals surface area contributed by atoms with Crippen LogP contribution in [0, 0.1) is 6.92 Å². The summed E-state index contributed by atoms with van der Waals surface area (Å²) in [5.41, 5.74) is 1.40. The van der Waals surface area contributed by atoms with Crippen molar-refractivity contribution in [3.05, 3.63) is 22.7 Å². The van der Waals surface area contributed by atoms with Crippen LogP contribution in [0.15, 0.2) is 12.1 Å². The van der Waals surface area contributed by atoms with Gasteiger partial charge in [0.1, 0.15) is 11.1 Å². The molecule has 0 saturated heterocycles. The summed E-state index contributed by atoms with van der Waals surface area (Å²) in [6.45, 7) is 3.42. The van der Waals surface area contributed by atoms with Crippen LogP contribution in [0.5, 0.6) is 5.75 Å². The van der Waals surface area contributed by atoms with E-state index in [-0.39, 0.29) is 5.91 Å². The van der Waals surface area contributed by atoms with E-state index < -0.39 is 5.38 Å². The van der Waals surface area contributed by atoms with Crippen molar-refractivity contribution in [2.75, 3.05) is 12.4 Å². The monoisotopic (exact) mass is 261 g/mol. The molecule has 0 fully saturated rings. The summed E-state index contributed by atoms with van der Waals surface area (Å²) >= 11 is 11.7. The Labute approximate surface area is 105 Å². The smallest absolute Gasteiger partial charge is 0.242 e. The molecular weight excluding hydrogens is 249 g/mol. The minimum atomic E-state index is -0.593. The number of anilines is 1. The molecule has 1 N–H and O–H groups in total. The Bertz CT molecular complexity index is 405. The zero-order valence-electron chi connectivity index (χ0n) is 9.30. The summed E-state index contributed by atoms with van der Waals surface area (Å²) in [4.78, 5) is 11.4. The maximum absolute atomic E-state index is 11.4. The van der Waals surface area contributed by atoms with Gasteiger partial charge in [0.15, 0.2) is 0 Å². The molecule has 0 aromatic heterocycles. The van der Waals surface area contributed by atoms with Crippen LogP contribution in [-0.4, -0.2) is 18.4 Å². The third kappa shape index (κ3) is 3.03. The van der Waals surface area contributed by atoms with E-state index in [1.54, 1.807) is 19.1 Å². The van der Waals surface area contributed by atoms with Gasteiger partial charge in [0.05, 0.1) is 7.11 Å². The van der Waals surface area contributed by atoms with Crippen molar-refractivity contribution >= 4 is 34.8 Å². The zero-order valence-corrected chi connectivity index (χ0v) is 10.8. The van der Waals surface area contributed by atoms with E-state index in [2.05, 4.69) is 5.32 Å². The highest BCUT2D eigenvalue weighted by molar-refractivity contribution is 6.33. The Morgan fingerprint density at radius 2 is 2.12 bits per heavy atom. The Morgan fingerprint density at radius 1 is 1.50 bits per heavy atom. The number of hydrogen-bond acceptors (Lipinski definition) is 2. The molecule has 0 heterocycles. The lowest BCUT2D eigenvalue weighted by Crippen LogP contribution is -2.20. The fraction of sp³-hybridized carbons (Fsp3) is 0.364. The summed E-state index contributed by atoms with van der Waals surface area (Å²) < 4.78 is 5.06. The molecule has 0 radical (unpaired) electrons. The molecule has 1 aromatic rings. The molecule has 0 bridgehead atoms. The van der Waals surface area contributed by atoms with Crippen LogP contribution in [-0.2, 0) is 4.79 Å². The molecule has 0 saturated carbocycles. The van der Waals surface area contributed by atoms with Gasteiger partial charge in [-0.1, -0.05) is 11.6 Å². The second-order valence-electron chi connectivity index (χ2n) is 3.39. The molecule has 0 spiro atoms. The van der Waals surface area contributed by atoms with Gasteiger partial charge < -0.3 is 10.1 Å². The molecule has 16 heavy (non-hydrogen) atoms. The summed E-state index contributed by atoms with van der Waals surface area (Å²) in [6, 6.07) is 3.40. The lowest BCUT2D eigenvalue weighted by molar-refractivity contribution is -0.115. The maximum Gasteiger partial charge on any atom is 0.242 e. The second kappa shape index (κ2) is 5.41. The number of nitrogens with one attached hydrogen (secondary N) is 1. The Hall–Kier alpha value is -0.930. The lowest BCUT2D eigenvalue weighted by atomic mass is 10.2. The first kappa shape index (κ1) is 13.1. The molecule has 88 valence electrons. The fourth-order valence-electron chi connectivity index (χ4n) is 1.13. The van der Waals surface area contributed by atoms with Crippen LogP contribution in [0.3, 0.4) is 0 Å². The molecule has 1 rings (SSSR count). The average molecular weight is 262 g/mol. The van der Waals surface area contributed by atoms with Crippen LogP contribution in [0.4, 0.5) is 5.69 Å². The van der Waals surface area contributed by atoms with Gasteiger partial charge in [-0.15, -0.1) is 11.6 Å². The van der Waals surface area contributed by atoms with Gasteiger partial charge in [-0.3, -0.25) is 4.79 Å². The van der Waals surface area contributed by atoms with Crippen molar-refractivity contribution in [3.63, 3.8) is 0 Å². The Kier molecular flexibility index (Phi) is 4.44. The molecule has 5 heteroatoms. The molecule has 0 aliphatic rings. The van der Waals surface area contributed by atoms with Gasteiger partial charge in [0, 0.05) is 16.8 Å². The predicted molar refractivity (Wildman–Crippen MR) is 66.7 cm³/mol. The van der Waals surface area contributed by atoms with Crippen molar-refractivity contribution in [1.29, 1.82) is 0 Å². The molecule has 0 aliphatic carbocycles. The van der Waals surface area contributed by atoms with E-state index in [0.29, 0.717) is 16.5 Å². The summed E-state index contributed by atoms with van der Waals surface area (Å²) in [5.74, 6) is 0.321. The maximum atomic E-state index is 11.4. The highest BCUT2D eigenvalue weighted by atomic mass is 35.5. The van der Waals surface area contributed by atoms with Crippen LogP contribution >= 0.6 is 23.2 Å². The molecule has 3 nitrogen and oxygen atoms in total. The Morgan fingerprint density at radius 3 is 2.62 bits per heavy atom. The van der Waals surface area contributed by atoms with Crippen molar-refractivity contribution < 1.29 is 9.53 Å². The highest BCUT2D eigenvalue weighted by Gasteiger charge is 2.13. The number of benzene rings is 1. The molecule has 1 atom stereocenters. The van der Waals surface area contributed by atoms with Crippen molar-refractivity contribution in [1.82, 2.24) is 0 Å². The Balaban J connectivity index is 3.03. The quantitative estimate of drug-likeness (QED) is 0.849. The molecule has 0 unspecified atom stereocenters. The minimum Gasteiger partial charge on any atom is -0.497 e. The van der Waals surface area contributed by atoms with Gasteiger partial charge in [-0.2, -0.15) is 0 Å². The van der Waals surface area contributed by atoms with Gasteiger partial charge >= 0.3 is 0 Å². The summed E-state index contributed by atoms with van der Waals surface area (Å²) in [7, 11) is 1.54. The second-order valence-corrected chi connectivity index (χ2v) is 4.45. The topological polar surface area (TPSA) is 38.3 Å². The standard InChI is InChI=1S/C11H13Cl2NO2/c1-6-9(13)4-8(16-3)5-10(6)14-11(15)7(2)12/h4-5,7H,1-3H3,(H,14,15)/t7-/m0/s1. The summed E-state index contributed by atoms with van der Waals surface area (Å²) in [5, 5.41) is 2.64. The van der Waals surface area contributed by atoms with E-state index in [0.717, 1.165) is 5.56 Å². The number of alkyl halides is 1.